The molecule has 1 aromatic heterocycles. The summed E-state index contributed by atoms with van der Waals surface area (Å²) in [7, 11) is -0.897. The van der Waals surface area contributed by atoms with Crippen molar-refractivity contribution in [3.8, 4) is 0 Å². The fraction of sp³-hybridized carbons (Fsp3) is 0.615. The average Bonchev–Trinajstić information content (AvgIpc) is 3.11. The minimum absolute atomic E-state index is 0.0201. The van der Waals surface area contributed by atoms with Gasteiger partial charge in [0.15, 0.2) is 5.76 Å². The van der Waals surface area contributed by atoms with E-state index < -0.39 is 15.6 Å². The van der Waals surface area contributed by atoms with Crippen LogP contribution < -0.4 is 0 Å². The van der Waals surface area contributed by atoms with Crippen LogP contribution in [0.15, 0.2) is 21.6 Å². The average molecular weight is 314 g/mol. The Balaban J connectivity index is 1.71. The predicted octanol–water partition coefficient (Wildman–Crippen LogP) is 0.127. The van der Waals surface area contributed by atoms with Gasteiger partial charge in [0.05, 0.1) is 13.1 Å². The topological polar surface area (TPSA) is 91.1 Å². The molecule has 8 heteroatoms. The fourth-order valence-electron chi connectivity index (χ4n) is 2.55. The third-order valence-corrected chi connectivity index (χ3v) is 5.77. The van der Waals surface area contributed by atoms with E-state index in [1.165, 1.54) is 31.1 Å². The van der Waals surface area contributed by atoms with E-state index in [2.05, 4.69) is 0 Å². The van der Waals surface area contributed by atoms with Gasteiger partial charge in [0.2, 0.25) is 5.09 Å². The zero-order valence-corrected chi connectivity index (χ0v) is 12.8. The summed E-state index contributed by atoms with van der Waals surface area (Å²) in [4.78, 5) is 13.7. The number of sulfonamides is 1. The highest BCUT2D eigenvalue weighted by molar-refractivity contribution is 7.88. The lowest BCUT2D eigenvalue weighted by Gasteiger charge is -2.46. The molecule has 0 aromatic carbocycles. The van der Waals surface area contributed by atoms with Gasteiger partial charge in [-0.3, -0.25) is 4.79 Å². The molecule has 1 saturated carbocycles. The smallest absolute Gasteiger partial charge is 0.289 e. The van der Waals surface area contributed by atoms with Gasteiger partial charge in [-0.25, -0.2) is 12.7 Å². The molecule has 116 valence electrons. The molecule has 0 bridgehead atoms. The minimum Gasteiger partial charge on any atom is -0.438 e. The molecule has 1 aromatic rings. The molecule has 2 fully saturated rings. The Morgan fingerprint density at radius 1 is 1.38 bits per heavy atom. The number of β-amino-alcohol motifs (C(OH)–C–C–N with tert-alkyl or cyclic N) is 1. The number of hydrogen-bond donors (Lipinski definition) is 1. The first-order valence-electron chi connectivity index (χ1n) is 6.78. The largest absolute Gasteiger partial charge is 0.438 e. The third-order valence-electron chi connectivity index (χ3n) is 4.08. The second-order valence-electron chi connectivity index (χ2n) is 5.95. The van der Waals surface area contributed by atoms with Gasteiger partial charge in [-0.15, -0.1) is 0 Å². The van der Waals surface area contributed by atoms with E-state index in [1.807, 2.05) is 0 Å². The van der Waals surface area contributed by atoms with Crippen molar-refractivity contribution in [2.45, 2.75) is 23.5 Å². The van der Waals surface area contributed by atoms with E-state index in [0.29, 0.717) is 5.92 Å². The van der Waals surface area contributed by atoms with Gasteiger partial charge in [-0.1, -0.05) is 0 Å². The summed E-state index contributed by atoms with van der Waals surface area (Å²) in [6, 6.07) is 2.63. The van der Waals surface area contributed by atoms with Crippen LogP contribution in [0, 0.1) is 5.92 Å². The summed E-state index contributed by atoms with van der Waals surface area (Å²) in [5.74, 6) is -0.114. The zero-order chi connectivity index (χ0) is 15.4. The molecule has 0 unspecified atom stereocenters. The zero-order valence-electron chi connectivity index (χ0n) is 11.9. The molecule has 1 aliphatic carbocycles. The molecule has 1 saturated heterocycles. The van der Waals surface area contributed by atoms with E-state index in [4.69, 9.17) is 4.42 Å². The molecule has 0 radical (unpaired) electrons. The highest BCUT2D eigenvalue weighted by Crippen LogP contribution is 2.44. The monoisotopic (exact) mass is 314 g/mol. The van der Waals surface area contributed by atoms with Crippen molar-refractivity contribution >= 4 is 15.9 Å². The van der Waals surface area contributed by atoms with Crippen molar-refractivity contribution in [2.24, 2.45) is 5.92 Å². The van der Waals surface area contributed by atoms with Crippen molar-refractivity contribution in [2.75, 3.05) is 27.2 Å². The number of likely N-dealkylation sites (tertiary alicyclic amines) is 1. The molecular weight excluding hydrogens is 296 g/mol. The van der Waals surface area contributed by atoms with E-state index in [1.54, 1.807) is 0 Å². The van der Waals surface area contributed by atoms with Gasteiger partial charge < -0.3 is 14.4 Å². The van der Waals surface area contributed by atoms with Crippen molar-refractivity contribution in [3.63, 3.8) is 0 Å². The highest BCUT2D eigenvalue weighted by Gasteiger charge is 2.53. The number of carbonyl (C=O) groups excluding carboxylic acids is 1. The summed E-state index contributed by atoms with van der Waals surface area (Å²) in [5.41, 5.74) is -0.763. The number of aliphatic hydroxyl groups is 1. The maximum absolute atomic E-state index is 12.2. The van der Waals surface area contributed by atoms with Gasteiger partial charge >= 0.3 is 0 Å². The Bertz CT molecular complexity index is 668. The maximum atomic E-state index is 12.2. The number of furan rings is 1. The normalized spacial score (nSPS) is 21.4. The fourth-order valence-corrected chi connectivity index (χ4v) is 3.34. The molecule has 1 aliphatic heterocycles. The van der Waals surface area contributed by atoms with Gasteiger partial charge in [0.1, 0.15) is 5.60 Å². The Morgan fingerprint density at radius 3 is 2.52 bits per heavy atom. The Kier molecular flexibility index (Phi) is 3.16. The van der Waals surface area contributed by atoms with Crippen LogP contribution in [0.2, 0.25) is 0 Å². The van der Waals surface area contributed by atoms with Gasteiger partial charge in [0.25, 0.3) is 15.9 Å². The second-order valence-corrected chi connectivity index (χ2v) is 8.03. The lowest BCUT2D eigenvalue weighted by Crippen LogP contribution is -2.64. The van der Waals surface area contributed by atoms with E-state index in [-0.39, 0.29) is 29.8 Å². The van der Waals surface area contributed by atoms with Crippen molar-refractivity contribution < 1.29 is 22.7 Å². The molecule has 1 amide bonds. The lowest BCUT2D eigenvalue weighted by molar-refractivity contribution is -0.0966. The summed E-state index contributed by atoms with van der Waals surface area (Å²) < 4.78 is 30.0. The molecule has 7 nitrogen and oxygen atoms in total. The summed E-state index contributed by atoms with van der Waals surface area (Å²) >= 11 is 0. The maximum Gasteiger partial charge on any atom is 0.289 e. The molecular formula is C13H18N2O5S. The molecule has 0 atom stereocenters. The Morgan fingerprint density at radius 2 is 2.00 bits per heavy atom. The van der Waals surface area contributed by atoms with Crippen LogP contribution in [0.25, 0.3) is 0 Å². The number of nitrogens with zero attached hydrogens (tertiary/aromatic N) is 2. The molecule has 1 N–H and O–H groups in total. The first-order chi connectivity index (χ1) is 9.74. The number of hydrogen-bond acceptors (Lipinski definition) is 5. The molecule has 2 aliphatic rings. The Hall–Kier alpha value is -1.38. The second kappa shape index (κ2) is 4.56. The predicted molar refractivity (Wildman–Crippen MR) is 73.2 cm³/mol. The van der Waals surface area contributed by atoms with Gasteiger partial charge in [-0.2, -0.15) is 0 Å². The Labute approximate surface area is 123 Å². The van der Waals surface area contributed by atoms with Crippen LogP contribution in [0.1, 0.15) is 23.4 Å². The van der Waals surface area contributed by atoms with Crippen LogP contribution in [-0.2, 0) is 10.0 Å². The minimum atomic E-state index is -3.68. The van der Waals surface area contributed by atoms with Crippen LogP contribution in [-0.4, -0.2) is 61.4 Å². The van der Waals surface area contributed by atoms with E-state index in [0.717, 1.165) is 17.1 Å². The third kappa shape index (κ3) is 2.37. The number of rotatable bonds is 4. The lowest BCUT2D eigenvalue weighted by atomic mass is 9.88. The molecule has 3 rings (SSSR count). The van der Waals surface area contributed by atoms with E-state index >= 15 is 0 Å². The molecule has 21 heavy (non-hydrogen) atoms. The quantitative estimate of drug-likeness (QED) is 0.853. The number of amides is 1. The summed E-state index contributed by atoms with van der Waals surface area (Å²) in [6.07, 6.45) is 2.01. The summed E-state index contributed by atoms with van der Waals surface area (Å²) in [5, 5.41) is 9.94. The van der Waals surface area contributed by atoms with Crippen LogP contribution in [0.4, 0.5) is 0 Å². The van der Waals surface area contributed by atoms with Crippen molar-refractivity contribution in [1.29, 1.82) is 0 Å². The SMILES string of the molecule is CN(C)S(=O)(=O)c1ccc(C(=O)N2CC(O)(C3CC3)C2)o1. The van der Waals surface area contributed by atoms with E-state index in [9.17, 15) is 18.3 Å². The van der Waals surface area contributed by atoms with Crippen molar-refractivity contribution in [3.05, 3.63) is 17.9 Å². The van der Waals surface area contributed by atoms with Crippen LogP contribution in [0.5, 0.6) is 0 Å². The van der Waals surface area contributed by atoms with Gasteiger partial charge in [0, 0.05) is 14.1 Å². The van der Waals surface area contributed by atoms with Crippen molar-refractivity contribution in [1.82, 2.24) is 9.21 Å². The van der Waals surface area contributed by atoms with Gasteiger partial charge in [-0.05, 0) is 30.9 Å². The first-order valence-corrected chi connectivity index (χ1v) is 8.22. The van der Waals surface area contributed by atoms with Crippen LogP contribution >= 0.6 is 0 Å². The standard InChI is InChI=1S/C13H18N2O5S/c1-14(2)21(18,19)11-6-5-10(20-11)12(16)15-7-13(17,8-15)9-3-4-9/h5-6,9,17H,3-4,7-8H2,1-2H3. The summed E-state index contributed by atoms with van der Waals surface area (Å²) in [6.45, 7) is 0.569. The number of carbonyl (C=O) groups is 1. The molecule has 2 heterocycles. The van der Waals surface area contributed by atoms with Crippen LogP contribution in [0.3, 0.4) is 0 Å². The first kappa shape index (κ1) is 14.6. The molecule has 0 spiro atoms. The highest BCUT2D eigenvalue weighted by atomic mass is 32.2.